The van der Waals surface area contributed by atoms with Crippen LogP contribution in [0.1, 0.15) is 31.4 Å². The molecule has 1 unspecified atom stereocenters. The van der Waals surface area contributed by atoms with Crippen LogP contribution in [-0.2, 0) is 0 Å². The van der Waals surface area contributed by atoms with Gasteiger partial charge in [0.15, 0.2) is 0 Å². The standard InChI is InChI=1S/C10H12BrClFN/c1-2-3-10(14)6-4-8(12)7(11)5-9(6)13/h4-5,10H,2-3,14H2,1H3. The number of rotatable bonds is 3. The van der Waals surface area contributed by atoms with E-state index >= 15 is 0 Å². The summed E-state index contributed by atoms with van der Waals surface area (Å²) in [4.78, 5) is 0. The van der Waals surface area contributed by atoms with Crippen LogP contribution in [0.3, 0.4) is 0 Å². The Kier molecular flexibility index (Phi) is 4.35. The molecule has 1 aromatic carbocycles. The van der Waals surface area contributed by atoms with E-state index in [9.17, 15) is 4.39 Å². The lowest BCUT2D eigenvalue weighted by Crippen LogP contribution is -2.11. The van der Waals surface area contributed by atoms with E-state index in [-0.39, 0.29) is 11.9 Å². The van der Waals surface area contributed by atoms with Crippen LogP contribution in [0.15, 0.2) is 16.6 Å². The Hall–Kier alpha value is -0.120. The highest BCUT2D eigenvalue weighted by molar-refractivity contribution is 9.10. The van der Waals surface area contributed by atoms with Gasteiger partial charge in [0.1, 0.15) is 5.82 Å². The van der Waals surface area contributed by atoms with Gasteiger partial charge in [-0.1, -0.05) is 24.9 Å². The molecule has 4 heteroatoms. The lowest BCUT2D eigenvalue weighted by Gasteiger charge is -2.12. The number of benzene rings is 1. The second-order valence-corrected chi connectivity index (χ2v) is 4.44. The number of halogens is 3. The van der Waals surface area contributed by atoms with Crippen molar-refractivity contribution < 1.29 is 4.39 Å². The van der Waals surface area contributed by atoms with Crippen molar-refractivity contribution in [1.82, 2.24) is 0 Å². The van der Waals surface area contributed by atoms with Crippen molar-refractivity contribution in [3.8, 4) is 0 Å². The Morgan fingerprint density at radius 1 is 1.57 bits per heavy atom. The van der Waals surface area contributed by atoms with Crippen LogP contribution in [0, 0.1) is 5.82 Å². The SMILES string of the molecule is CCCC(N)c1cc(Cl)c(Br)cc1F. The molecule has 0 radical (unpaired) electrons. The van der Waals surface area contributed by atoms with Crippen LogP contribution in [-0.4, -0.2) is 0 Å². The zero-order chi connectivity index (χ0) is 10.7. The normalized spacial score (nSPS) is 12.9. The van der Waals surface area contributed by atoms with Crippen LogP contribution >= 0.6 is 27.5 Å². The minimum absolute atomic E-state index is 0.273. The number of hydrogen-bond donors (Lipinski definition) is 1. The maximum Gasteiger partial charge on any atom is 0.129 e. The predicted molar refractivity (Wildman–Crippen MR) is 60.9 cm³/mol. The fourth-order valence-corrected chi connectivity index (χ4v) is 1.78. The van der Waals surface area contributed by atoms with Crippen LogP contribution in [0.4, 0.5) is 4.39 Å². The van der Waals surface area contributed by atoms with Crippen molar-refractivity contribution in [3.63, 3.8) is 0 Å². The van der Waals surface area contributed by atoms with E-state index in [2.05, 4.69) is 15.9 Å². The third kappa shape index (κ3) is 2.69. The van der Waals surface area contributed by atoms with Crippen molar-refractivity contribution in [2.75, 3.05) is 0 Å². The first-order chi connectivity index (χ1) is 6.56. The number of nitrogens with two attached hydrogens (primary N) is 1. The summed E-state index contributed by atoms with van der Waals surface area (Å²) in [5.41, 5.74) is 6.30. The Bertz CT molecular complexity index is 330. The molecule has 0 saturated heterocycles. The summed E-state index contributed by atoms with van der Waals surface area (Å²) in [6, 6.07) is 2.67. The highest BCUT2D eigenvalue weighted by atomic mass is 79.9. The minimum Gasteiger partial charge on any atom is -0.324 e. The summed E-state index contributed by atoms with van der Waals surface area (Å²) in [5, 5.41) is 0.493. The molecule has 0 aliphatic rings. The summed E-state index contributed by atoms with van der Waals surface area (Å²) >= 11 is 9.02. The summed E-state index contributed by atoms with van der Waals surface area (Å²) < 4.78 is 14.0. The molecular weight excluding hydrogens is 268 g/mol. The van der Waals surface area contributed by atoms with Gasteiger partial charge in [-0.2, -0.15) is 0 Å². The van der Waals surface area contributed by atoms with Gasteiger partial charge in [0.25, 0.3) is 0 Å². The van der Waals surface area contributed by atoms with E-state index in [1.807, 2.05) is 6.92 Å². The van der Waals surface area contributed by atoms with Gasteiger partial charge in [-0.05, 0) is 34.5 Å². The lowest BCUT2D eigenvalue weighted by molar-refractivity contribution is 0.559. The highest BCUT2D eigenvalue weighted by Gasteiger charge is 2.13. The summed E-state index contributed by atoms with van der Waals surface area (Å²) in [5.74, 6) is -0.303. The molecule has 2 N–H and O–H groups in total. The molecule has 0 aliphatic heterocycles. The van der Waals surface area contributed by atoms with Crippen LogP contribution < -0.4 is 5.73 Å². The van der Waals surface area contributed by atoms with Crippen molar-refractivity contribution >= 4 is 27.5 Å². The monoisotopic (exact) mass is 279 g/mol. The second kappa shape index (κ2) is 5.10. The molecule has 1 rings (SSSR count). The van der Waals surface area contributed by atoms with Crippen LogP contribution in [0.2, 0.25) is 5.02 Å². The quantitative estimate of drug-likeness (QED) is 0.831. The lowest BCUT2D eigenvalue weighted by atomic mass is 10.0. The van der Waals surface area contributed by atoms with E-state index in [1.54, 1.807) is 6.07 Å². The van der Waals surface area contributed by atoms with Gasteiger partial charge >= 0.3 is 0 Å². The molecule has 1 aromatic rings. The summed E-state index contributed by atoms with van der Waals surface area (Å²) in [6.07, 6.45) is 1.68. The van der Waals surface area contributed by atoms with Crippen molar-refractivity contribution in [3.05, 3.63) is 33.0 Å². The first-order valence-corrected chi connectivity index (χ1v) is 5.63. The van der Waals surface area contributed by atoms with Gasteiger partial charge in [-0.25, -0.2) is 4.39 Å². The van der Waals surface area contributed by atoms with Gasteiger partial charge in [-0.3, -0.25) is 0 Å². The molecule has 0 aliphatic carbocycles. The van der Waals surface area contributed by atoms with E-state index in [4.69, 9.17) is 17.3 Å². The van der Waals surface area contributed by atoms with Gasteiger partial charge < -0.3 is 5.73 Å². The molecule has 78 valence electrons. The zero-order valence-corrected chi connectivity index (χ0v) is 10.2. The smallest absolute Gasteiger partial charge is 0.129 e. The van der Waals surface area contributed by atoms with E-state index in [1.165, 1.54) is 6.07 Å². The fourth-order valence-electron chi connectivity index (χ4n) is 1.29. The molecule has 0 saturated carbocycles. The van der Waals surface area contributed by atoms with Gasteiger partial charge in [0, 0.05) is 16.1 Å². The van der Waals surface area contributed by atoms with Gasteiger partial charge in [-0.15, -0.1) is 0 Å². The molecule has 1 atom stereocenters. The average Bonchev–Trinajstić information content (AvgIpc) is 2.11. The minimum atomic E-state index is -0.303. The molecule has 0 aromatic heterocycles. The maximum atomic E-state index is 13.4. The molecule has 1 nitrogen and oxygen atoms in total. The molecule has 0 amide bonds. The summed E-state index contributed by atoms with van der Waals surface area (Å²) in [6.45, 7) is 2.01. The summed E-state index contributed by atoms with van der Waals surface area (Å²) in [7, 11) is 0. The second-order valence-electron chi connectivity index (χ2n) is 3.18. The average molecular weight is 281 g/mol. The molecule has 0 heterocycles. The van der Waals surface area contributed by atoms with E-state index < -0.39 is 0 Å². The van der Waals surface area contributed by atoms with E-state index in [0.29, 0.717) is 15.1 Å². The third-order valence-electron chi connectivity index (χ3n) is 2.04. The molecular formula is C10H12BrClFN. The Balaban J connectivity index is 3.02. The fraction of sp³-hybridized carbons (Fsp3) is 0.400. The first-order valence-electron chi connectivity index (χ1n) is 4.46. The maximum absolute atomic E-state index is 13.4. The first kappa shape index (κ1) is 12.0. The molecule has 0 spiro atoms. The third-order valence-corrected chi connectivity index (χ3v) is 3.24. The van der Waals surface area contributed by atoms with Crippen LogP contribution in [0.25, 0.3) is 0 Å². The van der Waals surface area contributed by atoms with Crippen molar-refractivity contribution in [2.45, 2.75) is 25.8 Å². The zero-order valence-electron chi connectivity index (χ0n) is 7.86. The van der Waals surface area contributed by atoms with Crippen LogP contribution in [0.5, 0.6) is 0 Å². The molecule has 0 bridgehead atoms. The largest absolute Gasteiger partial charge is 0.324 e. The topological polar surface area (TPSA) is 26.0 Å². The Labute approximate surface area is 96.6 Å². The van der Waals surface area contributed by atoms with E-state index in [0.717, 1.165) is 12.8 Å². The molecule has 0 fully saturated rings. The Morgan fingerprint density at radius 3 is 2.79 bits per heavy atom. The molecule has 14 heavy (non-hydrogen) atoms. The van der Waals surface area contributed by atoms with Gasteiger partial charge in [0.05, 0.1) is 5.02 Å². The Morgan fingerprint density at radius 2 is 2.21 bits per heavy atom. The van der Waals surface area contributed by atoms with Crippen molar-refractivity contribution in [2.24, 2.45) is 5.73 Å². The number of hydrogen-bond acceptors (Lipinski definition) is 1. The van der Waals surface area contributed by atoms with Gasteiger partial charge in [0.2, 0.25) is 0 Å². The van der Waals surface area contributed by atoms with Crippen molar-refractivity contribution in [1.29, 1.82) is 0 Å². The highest BCUT2D eigenvalue weighted by Crippen LogP contribution is 2.29. The predicted octanol–water partition coefficient (Wildman–Crippen LogP) is 4.04.